The summed E-state index contributed by atoms with van der Waals surface area (Å²) in [5.41, 5.74) is 5.16. The summed E-state index contributed by atoms with van der Waals surface area (Å²) >= 11 is 0. The minimum Gasteiger partial charge on any atom is -0.480 e. The number of nitrogens with two attached hydrogens (primary N) is 1. The Morgan fingerprint density at radius 3 is 2.90 bits per heavy atom. The van der Waals surface area contributed by atoms with Crippen LogP contribution in [0.15, 0.2) is 0 Å². The number of rotatable bonds is 4. The Labute approximate surface area is 126 Å². The fourth-order valence-corrected chi connectivity index (χ4v) is 4.56. The predicted molar refractivity (Wildman–Crippen MR) is 80.1 cm³/mol. The molecule has 0 bridgehead atoms. The maximum atomic E-state index is 11.5. The summed E-state index contributed by atoms with van der Waals surface area (Å²) in [6, 6.07) is 0.547. The van der Waals surface area contributed by atoms with Crippen molar-refractivity contribution in [2.75, 3.05) is 19.7 Å². The van der Waals surface area contributed by atoms with Gasteiger partial charge in [-0.25, -0.2) is 0 Å². The van der Waals surface area contributed by atoms with Gasteiger partial charge in [0.2, 0.25) is 0 Å². The molecule has 3 N–H and O–H groups in total. The maximum absolute atomic E-state index is 11.5. The highest BCUT2D eigenvalue weighted by molar-refractivity contribution is 5.79. The van der Waals surface area contributed by atoms with Crippen molar-refractivity contribution in [2.24, 2.45) is 11.7 Å². The molecule has 1 heterocycles. The van der Waals surface area contributed by atoms with Gasteiger partial charge in [-0.1, -0.05) is 19.3 Å². The first kappa shape index (κ1) is 15.3. The number of fused-ring (bicyclic) bond motifs is 1. The van der Waals surface area contributed by atoms with Crippen LogP contribution in [-0.4, -0.2) is 53.4 Å². The summed E-state index contributed by atoms with van der Waals surface area (Å²) < 4.78 is 5.90. The van der Waals surface area contributed by atoms with E-state index >= 15 is 0 Å². The lowest BCUT2D eigenvalue weighted by Crippen LogP contribution is -2.55. The zero-order valence-corrected chi connectivity index (χ0v) is 12.8. The highest BCUT2D eigenvalue weighted by atomic mass is 16.5. The predicted octanol–water partition coefficient (Wildman–Crippen LogP) is 1.60. The zero-order valence-electron chi connectivity index (χ0n) is 12.8. The minimum atomic E-state index is -0.988. The number of ether oxygens (including phenoxy) is 1. The molecule has 120 valence electrons. The standard InChI is InChI=1S/C16H28N2O3/c17-16(15(19)20)8-3-4-12(16)7-9-18-10-11-21-14-6-2-1-5-13(14)18/h12-14H,1-11,17H2,(H,19,20). The summed E-state index contributed by atoms with van der Waals surface area (Å²) in [6.07, 6.45) is 8.82. The van der Waals surface area contributed by atoms with E-state index in [0.29, 0.717) is 18.6 Å². The molecule has 5 heteroatoms. The Hall–Kier alpha value is -0.650. The van der Waals surface area contributed by atoms with Crippen molar-refractivity contribution in [3.8, 4) is 0 Å². The minimum absolute atomic E-state index is 0.125. The lowest BCUT2D eigenvalue weighted by Gasteiger charge is -2.44. The van der Waals surface area contributed by atoms with Crippen molar-refractivity contribution in [1.29, 1.82) is 0 Å². The van der Waals surface area contributed by atoms with Gasteiger partial charge in [-0.3, -0.25) is 9.69 Å². The van der Waals surface area contributed by atoms with Crippen molar-refractivity contribution in [3.63, 3.8) is 0 Å². The molecule has 21 heavy (non-hydrogen) atoms. The van der Waals surface area contributed by atoms with Crippen molar-refractivity contribution in [2.45, 2.75) is 69.1 Å². The number of hydrogen-bond donors (Lipinski definition) is 2. The highest BCUT2D eigenvalue weighted by Gasteiger charge is 2.46. The average Bonchev–Trinajstić information content (AvgIpc) is 2.87. The molecule has 0 aromatic carbocycles. The smallest absolute Gasteiger partial charge is 0.323 e. The fourth-order valence-electron chi connectivity index (χ4n) is 4.56. The molecule has 0 radical (unpaired) electrons. The Morgan fingerprint density at radius 1 is 1.29 bits per heavy atom. The Kier molecular flexibility index (Phi) is 4.52. The number of nitrogens with zero attached hydrogens (tertiary/aromatic N) is 1. The molecule has 4 unspecified atom stereocenters. The van der Waals surface area contributed by atoms with Gasteiger partial charge >= 0.3 is 5.97 Å². The van der Waals surface area contributed by atoms with Gasteiger partial charge in [-0.05, 0) is 44.6 Å². The topological polar surface area (TPSA) is 75.8 Å². The van der Waals surface area contributed by atoms with Gasteiger partial charge in [0.1, 0.15) is 5.54 Å². The molecule has 2 aliphatic carbocycles. The van der Waals surface area contributed by atoms with E-state index in [4.69, 9.17) is 10.5 Å². The molecule has 1 aliphatic heterocycles. The SMILES string of the molecule is NC1(C(=O)O)CCCC1CCN1CCOC2CCCCC21. The molecule has 3 rings (SSSR count). The monoisotopic (exact) mass is 296 g/mol. The summed E-state index contributed by atoms with van der Waals surface area (Å²) in [4.78, 5) is 14.0. The summed E-state index contributed by atoms with van der Waals surface area (Å²) in [6.45, 7) is 2.78. The third-order valence-corrected chi connectivity index (χ3v) is 5.88. The van der Waals surface area contributed by atoms with Gasteiger partial charge in [0.05, 0.1) is 12.7 Å². The van der Waals surface area contributed by atoms with E-state index < -0.39 is 11.5 Å². The average molecular weight is 296 g/mol. The van der Waals surface area contributed by atoms with E-state index in [1.54, 1.807) is 0 Å². The van der Waals surface area contributed by atoms with Crippen LogP contribution in [-0.2, 0) is 9.53 Å². The molecule has 0 aromatic rings. The van der Waals surface area contributed by atoms with Crippen LogP contribution < -0.4 is 5.73 Å². The van der Waals surface area contributed by atoms with Crippen LogP contribution in [0.4, 0.5) is 0 Å². The molecule has 2 saturated carbocycles. The molecule has 3 fully saturated rings. The van der Waals surface area contributed by atoms with Crippen LogP contribution in [0.25, 0.3) is 0 Å². The van der Waals surface area contributed by atoms with E-state index in [9.17, 15) is 9.90 Å². The molecule has 4 atom stereocenters. The second kappa shape index (κ2) is 6.23. The first-order chi connectivity index (χ1) is 10.1. The number of hydrogen-bond acceptors (Lipinski definition) is 4. The fraction of sp³-hybridized carbons (Fsp3) is 0.938. The van der Waals surface area contributed by atoms with Crippen LogP contribution in [0.5, 0.6) is 0 Å². The second-order valence-corrected chi connectivity index (χ2v) is 7.02. The van der Waals surface area contributed by atoms with Crippen LogP contribution >= 0.6 is 0 Å². The number of aliphatic carboxylic acids is 1. The lowest BCUT2D eigenvalue weighted by molar-refractivity contribution is -0.145. The molecule has 1 saturated heterocycles. The van der Waals surface area contributed by atoms with Gasteiger partial charge < -0.3 is 15.6 Å². The van der Waals surface area contributed by atoms with Crippen molar-refractivity contribution in [3.05, 3.63) is 0 Å². The van der Waals surface area contributed by atoms with E-state index in [-0.39, 0.29) is 5.92 Å². The largest absolute Gasteiger partial charge is 0.480 e. The Balaban J connectivity index is 1.58. The molecule has 0 spiro atoms. The second-order valence-electron chi connectivity index (χ2n) is 7.02. The molecule has 5 nitrogen and oxygen atoms in total. The van der Waals surface area contributed by atoms with Crippen LogP contribution in [0.1, 0.15) is 51.4 Å². The third kappa shape index (κ3) is 2.96. The van der Waals surface area contributed by atoms with E-state index in [1.807, 2.05) is 0 Å². The number of carboxylic acid groups (broad SMARTS) is 1. The van der Waals surface area contributed by atoms with Gasteiger partial charge in [0.15, 0.2) is 0 Å². The summed E-state index contributed by atoms with van der Waals surface area (Å²) in [7, 11) is 0. The van der Waals surface area contributed by atoms with E-state index in [1.165, 1.54) is 25.7 Å². The third-order valence-electron chi connectivity index (χ3n) is 5.88. The molecule has 3 aliphatic rings. The first-order valence-corrected chi connectivity index (χ1v) is 8.49. The molecular weight excluding hydrogens is 268 g/mol. The molecule has 0 amide bonds. The zero-order chi connectivity index (χ0) is 14.9. The number of morpholine rings is 1. The van der Waals surface area contributed by atoms with Gasteiger partial charge in [0.25, 0.3) is 0 Å². The van der Waals surface area contributed by atoms with Crippen molar-refractivity contribution < 1.29 is 14.6 Å². The summed E-state index contributed by atoms with van der Waals surface area (Å²) in [5.74, 6) is -0.692. The van der Waals surface area contributed by atoms with E-state index in [2.05, 4.69) is 4.90 Å². The molecular formula is C16H28N2O3. The maximum Gasteiger partial charge on any atom is 0.323 e. The van der Waals surface area contributed by atoms with Crippen LogP contribution in [0, 0.1) is 5.92 Å². The van der Waals surface area contributed by atoms with Crippen molar-refractivity contribution in [1.82, 2.24) is 4.90 Å². The van der Waals surface area contributed by atoms with Crippen LogP contribution in [0.3, 0.4) is 0 Å². The Morgan fingerprint density at radius 2 is 2.10 bits per heavy atom. The van der Waals surface area contributed by atoms with Crippen LogP contribution in [0.2, 0.25) is 0 Å². The van der Waals surface area contributed by atoms with Gasteiger partial charge in [0, 0.05) is 12.6 Å². The normalized spacial score (nSPS) is 40.9. The van der Waals surface area contributed by atoms with Crippen molar-refractivity contribution >= 4 is 5.97 Å². The van der Waals surface area contributed by atoms with Gasteiger partial charge in [-0.2, -0.15) is 0 Å². The number of carbonyl (C=O) groups is 1. The Bertz CT molecular complexity index is 388. The lowest BCUT2D eigenvalue weighted by atomic mass is 9.84. The quantitative estimate of drug-likeness (QED) is 0.824. The highest BCUT2D eigenvalue weighted by Crippen LogP contribution is 2.37. The first-order valence-electron chi connectivity index (χ1n) is 8.49. The summed E-state index contributed by atoms with van der Waals surface area (Å²) in [5, 5.41) is 9.41. The van der Waals surface area contributed by atoms with E-state index in [0.717, 1.165) is 39.0 Å². The number of carboxylic acids is 1. The van der Waals surface area contributed by atoms with Gasteiger partial charge in [-0.15, -0.1) is 0 Å². The molecule has 0 aromatic heterocycles.